The largest absolute Gasteiger partial charge is 0.496 e. The monoisotopic (exact) mass is 577 g/mol. The maximum absolute atomic E-state index is 14.4. The van der Waals surface area contributed by atoms with E-state index in [2.05, 4.69) is 41.4 Å². The van der Waals surface area contributed by atoms with Gasteiger partial charge in [0.05, 0.1) is 24.6 Å². The number of hydrogen-bond acceptors (Lipinski definition) is 3. The molecule has 0 fully saturated rings. The van der Waals surface area contributed by atoms with E-state index >= 15 is 0 Å². The first-order valence-electron chi connectivity index (χ1n) is 14.4. The van der Waals surface area contributed by atoms with E-state index in [1.807, 2.05) is 54.9 Å². The maximum atomic E-state index is 14.4. The molecule has 5 aromatic carbocycles. The predicted octanol–water partition coefficient (Wildman–Crippen LogP) is 10.1. The summed E-state index contributed by atoms with van der Waals surface area (Å²) in [5, 5.41) is 7.27. The highest BCUT2D eigenvalue weighted by Crippen LogP contribution is 2.44. The van der Waals surface area contributed by atoms with E-state index in [-0.39, 0.29) is 10.8 Å². The molecule has 0 aliphatic heterocycles. The molecule has 6 aromatic rings. The van der Waals surface area contributed by atoms with E-state index in [1.54, 1.807) is 20.3 Å². The summed E-state index contributed by atoms with van der Waals surface area (Å²) in [5.41, 5.74) is 3.48. The van der Waals surface area contributed by atoms with E-state index in [0.717, 1.165) is 48.0 Å². The van der Waals surface area contributed by atoms with Gasteiger partial charge in [0, 0.05) is 12.4 Å². The van der Waals surface area contributed by atoms with Crippen LogP contribution in [0.5, 0.6) is 11.5 Å². The SMILES string of the molecule is COc1cccc2c1c(OC)cc1c3c(ccc12)[C@H](CCc1cccc(Cl)c1F)CCC3.c1ccc2cnccc2c1. The molecule has 1 aliphatic carbocycles. The summed E-state index contributed by atoms with van der Waals surface area (Å²) in [7, 11) is 3.41. The molecule has 1 atom stereocenters. The van der Waals surface area contributed by atoms with Crippen LogP contribution in [0.15, 0.2) is 97.3 Å². The minimum absolute atomic E-state index is 0.201. The van der Waals surface area contributed by atoms with Gasteiger partial charge in [0.2, 0.25) is 0 Å². The fourth-order valence-corrected chi connectivity index (χ4v) is 6.56. The Morgan fingerprint density at radius 2 is 1.64 bits per heavy atom. The van der Waals surface area contributed by atoms with Gasteiger partial charge in [-0.3, -0.25) is 4.98 Å². The number of fused-ring (bicyclic) bond motifs is 6. The van der Waals surface area contributed by atoms with Crippen LogP contribution in [0.25, 0.3) is 32.3 Å². The van der Waals surface area contributed by atoms with Crippen molar-refractivity contribution in [3.63, 3.8) is 0 Å². The van der Waals surface area contributed by atoms with E-state index in [0.29, 0.717) is 17.9 Å². The summed E-state index contributed by atoms with van der Waals surface area (Å²) < 4.78 is 25.8. The van der Waals surface area contributed by atoms with E-state index < -0.39 is 0 Å². The summed E-state index contributed by atoms with van der Waals surface area (Å²) in [6.45, 7) is 0. The highest BCUT2D eigenvalue weighted by atomic mass is 35.5. The van der Waals surface area contributed by atoms with Crippen molar-refractivity contribution >= 4 is 43.9 Å². The minimum atomic E-state index is -0.283. The molecule has 0 spiro atoms. The molecule has 0 unspecified atom stereocenters. The lowest BCUT2D eigenvalue weighted by Crippen LogP contribution is -2.12. The van der Waals surface area contributed by atoms with Gasteiger partial charge >= 0.3 is 0 Å². The highest BCUT2D eigenvalue weighted by Gasteiger charge is 2.24. The van der Waals surface area contributed by atoms with Crippen molar-refractivity contribution in [2.24, 2.45) is 0 Å². The Balaban J connectivity index is 0.000000265. The average molecular weight is 578 g/mol. The number of aromatic nitrogens is 1. The second kappa shape index (κ2) is 12.4. The Kier molecular flexibility index (Phi) is 8.25. The number of methoxy groups -OCH3 is 2. The molecule has 1 heterocycles. The van der Waals surface area contributed by atoms with Crippen LogP contribution in [0, 0.1) is 5.82 Å². The Bertz CT molecular complexity index is 1820. The van der Waals surface area contributed by atoms with E-state index in [4.69, 9.17) is 21.1 Å². The van der Waals surface area contributed by atoms with Gasteiger partial charge in [0.1, 0.15) is 17.3 Å². The molecule has 0 saturated heterocycles. The van der Waals surface area contributed by atoms with Gasteiger partial charge in [0.25, 0.3) is 0 Å². The Morgan fingerprint density at radius 3 is 2.45 bits per heavy atom. The lowest BCUT2D eigenvalue weighted by atomic mass is 9.77. The van der Waals surface area contributed by atoms with E-state index in [1.165, 1.54) is 32.7 Å². The van der Waals surface area contributed by atoms with Gasteiger partial charge in [-0.25, -0.2) is 4.39 Å². The second-order valence-electron chi connectivity index (χ2n) is 10.8. The zero-order valence-corrected chi connectivity index (χ0v) is 24.6. The topological polar surface area (TPSA) is 31.4 Å². The van der Waals surface area contributed by atoms with Crippen LogP contribution in [0.4, 0.5) is 4.39 Å². The third-order valence-corrected chi connectivity index (χ3v) is 8.73. The van der Waals surface area contributed by atoms with Gasteiger partial charge in [-0.05, 0) is 106 Å². The number of nitrogens with zero attached hydrogens (tertiary/aromatic N) is 1. The zero-order chi connectivity index (χ0) is 29.1. The van der Waals surface area contributed by atoms with Crippen molar-refractivity contribution in [2.75, 3.05) is 14.2 Å². The molecule has 1 aromatic heterocycles. The Labute approximate surface area is 250 Å². The highest BCUT2D eigenvalue weighted by molar-refractivity contribution is 6.30. The summed E-state index contributed by atoms with van der Waals surface area (Å²) in [6.07, 6.45) is 8.58. The lowest BCUT2D eigenvalue weighted by Gasteiger charge is -2.27. The van der Waals surface area contributed by atoms with Crippen molar-refractivity contribution in [1.29, 1.82) is 0 Å². The fourth-order valence-electron chi connectivity index (χ4n) is 6.37. The summed E-state index contributed by atoms with van der Waals surface area (Å²) in [5.74, 6) is 1.78. The summed E-state index contributed by atoms with van der Waals surface area (Å²) in [4.78, 5) is 4.01. The van der Waals surface area contributed by atoms with Crippen molar-refractivity contribution in [3.05, 3.63) is 125 Å². The molecule has 0 N–H and O–H groups in total. The maximum Gasteiger partial charge on any atom is 0.144 e. The summed E-state index contributed by atoms with van der Waals surface area (Å²) in [6, 6.07) is 28.3. The van der Waals surface area contributed by atoms with Crippen molar-refractivity contribution in [2.45, 2.75) is 38.0 Å². The molecule has 42 heavy (non-hydrogen) atoms. The molecular formula is C37H33ClFNO2. The van der Waals surface area contributed by atoms with Gasteiger partial charge in [-0.2, -0.15) is 0 Å². The molecule has 5 heteroatoms. The first-order valence-corrected chi connectivity index (χ1v) is 14.8. The number of hydrogen-bond donors (Lipinski definition) is 0. The third-order valence-electron chi connectivity index (χ3n) is 8.43. The number of benzene rings is 5. The van der Waals surface area contributed by atoms with Crippen LogP contribution >= 0.6 is 11.6 Å². The number of ether oxygens (including phenoxy) is 2. The van der Waals surface area contributed by atoms with Gasteiger partial charge in [0.15, 0.2) is 0 Å². The smallest absolute Gasteiger partial charge is 0.144 e. The van der Waals surface area contributed by atoms with Crippen molar-refractivity contribution < 1.29 is 13.9 Å². The normalized spacial score (nSPS) is 14.3. The first kappa shape index (κ1) is 28.0. The molecule has 1 aliphatic rings. The zero-order valence-electron chi connectivity index (χ0n) is 23.9. The average Bonchev–Trinajstić information content (AvgIpc) is 3.04. The number of halogens is 2. The van der Waals surface area contributed by atoms with Crippen molar-refractivity contribution in [3.8, 4) is 11.5 Å². The molecule has 7 rings (SSSR count). The molecule has 0 amide bonds. The molecule has 212 valence electrons. The van der Waals surface area contributed by atoms with Crippen LogP contribution in [0.3, 0.4) is 0 Å². The molecule has 0 saturated carbocycles. The first-order chi connectivity index (χ1) is 20.6. The molecule has 0 bridgehead atoms. The van der Waals surface area contributed by atoms with Gasteiger partial charge in [-0.15, -0.1) is 0 Å². The number of rotatable bonds is 5. The van der Waals surface area contributed by atoms with Crippen molar-refractivity contribution in [1.82, 2.24) is 4.98 Å². The Hall–Kier alpha value is -4.15. The number of pyridine rings is 1. The van der Waals surface area contributed by atoms with E-state index in [9.17, 15) is 4.39 Å². The van der Waals surface area contributed by atoms with Crippen LogP contribution < -0.4 is 9.47 Å². The minimum Gasteiger partial charge on any atom is -0.496 e. The Morgan fingerprint density at radius 1 is 0.833 bits per heavy atom. The quantitative estimate of drug-likeness (QED) is 0.191. The van der Waals surface area contributed by atoms with Crippen LogP contribution in [0.2, 0.25) is 5.02 Å². The lowest BCUT2D eigenvalue weighted by molar-refractivity contribution is 0.405. The fraction of sp³-hybridized carbons (Fsp3) is 0.216. The third kappa shape index (κ3) is 5.39. The van der Waals surface area contributed by atoms with Gasteiger partial charge in [-0.1, -0.05) is 72.3 Å². The van der Waals surface area contributed by atoms with Crippen LogP contribution in [-0.2, 0) is 12.8 Å². The van der Waals surface area contributed by atoms with Crippen LogP contribution in [-0.4, -0.2) is 19.2 Å². The van der Waals surface area contributed by atoms with Gasteiger partial charge < -0.3 is 9.47 Å². The molecular weight excluding hydrogens is 545 g/mol. The number of aryl methyl sites for hydroxylation is 2. The standard InChI is InChI=1S/C28H26ClFO2.C9H7N/c1-31-25-11-5-9-22-21-15-14-19-17(12-13-18-7-4-10-24(29)28(18)30)6-3-8-20(19)23(21)16-26(32-2)27(22)25;1-2-4-9-7-10-6-5-8(9)3-1/h4-5,7,9-11,14-17H,3,6,8,12-13H2,1-2H3;1-7H/t17-;/m0./s1. The second-order valence-corrected chi connectivity index (χ2v) is 11.2. The molecule has 3 nitrogen and oxygen atoms in total. The predicted molar refractivity (Wildman–Crippen MR) is 172 cm³/mol. The van der Waals surface area contributed by atoms with Crippen LogP contribution in [0.1, 0.15) is 41.9 Å². The summed E-state index contributed by atoms with van der Waals surface area (Å²) >= 11 is 5.98. The molecule has 0 radical (unpaired) electrons.